The number of nitrogens with zero attached hydrogens (tertiary/aromatic N) is 1. The first kappa shape index (κ1) is 10.9. The van der Waals surface area contributed by atoms with E-state index in [2.05, 4.69) is 5.43 Å². The van der Waals surface area contributed by atoms with E-state index in [4.69, 9.17) is 10.5 Å². The number of hydrogen-bond acceptors (Lipinski definition) is 4. The largest absolute Gasteiger partial charge is 0.381 e. The van der Waals surface area contributed by atoms with Crippen LogP contribution in [0.25, 0.3) is 0 Å². The molecule has 0 aromatic rings. The predicted octanol–water partition coefficient (Wildman–Crippen LogP) is -0.380. The smallest absolute Gasteiger partial charge is 0.238 e. The average molecular weight is 213 g/mol. The number of rotatable bonds is 2. The van der Waals surface area contributed by atoms with E-state index in [1.165, 1.54) is 0 Å². The van der Waals surface area contributed by atoms with E-state index >= 15 is 0 Å². The Morgan fingerprint density at radius 3 is 2.87 bits per heavy atom. The first-order chi connectivity index (χ1) is 7.11. The van der Waals surface area contributed by atoms with Crippen LogP contribution >= 0.6 is 0 Å². The molecule has 86 valence electrons. The highest BCUT2D eigenvalue weighted by Gasteiger charge is 2.43. The second kappa shape index (κ2) is 4.08. The lowest BCUT2D eigenvalue weighted by atomic mass is 9.89. The second-order valence-electron chi connectivity index (χ2n) is 4.66. The highest BCUT2D eigenvalue weighted by atomic mass is 16.5. The third kappa shape index (κ3) is 2.30. The molecule has 0 aromatic carbocycles. The molecular formula is C10H19N3O2. The molecule has 2 fully saturated rings. The molecule has 1 atom stereocenters. The molecule has 3 N–H and O–H groups in total. The number of amides is 1. The van der Waals surface area contributed by atoms with Crippen LogP contribution in [0.15, 0.2) is 0 Å². The summed E-state index contributed by atoms with van der Waals surface area (Å²) in [5.41, 5.74) is 8.95. The van der Waals surface area contributed by atoms with Gasteiger partial charge in [-0.3, -0.25) is 9.80 Å². The first-order valence-corrected chi connectivity index (χ1v) is 5.53. The van der Waals surface area contributed by atoms with Crippen molar-refractivity contribution in [3.63, 3.8) is 0 Å². The summed E-state index contributed by atoms with van der Waals surface area (Å²) in [5.74, 6) is 0.161. The quantitative estimate of drug-likeness (QED) is 0.656. The lowest BCUT2D eigenvalue weighted by Gasteiger charge is -2.33. The summed E-state index contributed by atoms with van der Waals surface area (Å²) in [6.45, 7) is 3.98. The molecular weight excluding hydrogens is 194 g/mol. The number of nitrogens with two attached hydrogens (primary N) is 1. The molecule has 2 saturated heterocycles. The molecule has 0 radical (unpaired) electrons. The second-order valence-corrected chi connectivity index (χ2v) is 4.66. The molecule has 1 amide bonds. The zero-order valence-corrected chi connectivity index (χ0v) is 9.16. The molecule has 0 saturated carbocycles. The van der Waals surface area contributed by atoms with Gasteiger partial charge in [-0.15, -0.1) is 0 Å². The van der Waals surface area contributed by atoms with E-state index in [9.17, 15) is 4.79 Å². The van der Waals surface area contributed by atoms with E-state index in [-0.39, 0.29) is 17.5 Å². The summed E-state index contributed by atoms with van der Waals surface area (Å²) >= 11 is 0. The van der Waals surface area contributed by atoms with Crippen LogP contribution in [-0.4, -0.2) is 42.3 Å². The fourth-order valence-electron chi connectivity index (χ4n) is 2.26. The Hall–Kier alpha value is -0.650. The van der Waals surface area contributed by atoms with Gasteiger partial charge in [0.25, 0.3) is 0 Å². The van der Waals surface area contributed by atoms with Gasteiger partial charge >= 0.3 is 0 Å². The number of hydrogen-bond donors (Lipinski definition) is 2. The minimum Gasteiger partial charge on any atom is -0.381 e. The monoisotopic (exact) mass is 213 g/mol. The number of ether oxygens (including phenoxy) is 1. The zero-order chi connectivity index (χ0) is 10.9. The summed E-state index contributed by atoms with van der Waals surface area (Å²) in [5, 5.41) is 1.68. The van der Waals surface area contributed by atoms with E-state index < -0.39 is 0 Å². The molecule has 1 spiro atoms. The minimum atomic E-state index is -0.0514. The summed E-state index contributed by atoms with van der Waals surface area (Å²) in [6.07, 6.45) is 2.41. The minimum absolute atomic E-state index is 0.0106. The molecule has 2 rings (SSSR count). The van der Waals surface area contributed by atoms with Crippen molar-refractivity contribution in [3.05, 3.63) is 0 Å². The number of carbonyl (C=O) groups is 1. The molecule has 2 aliphatic heterocycles. The van der Waals surface area contributed by atoms with Crippen LogP contribution in [-0.2, 0) is 9.53 Å². The zero-order valence-electron chi connectivity index (χ0n) is 9.16. The first-order valence-electron chi connectivity index (χ1n) is 5.53. The van der Waals surface area contributed by atoms with E-state index in [0.717, 1.165) is 26.1 Å². The Kier molecular flexibility index (Phi) is 2.95. The molecule has 0 bridgehead atoms. The van der Waals surface area contributed by atoms with Crippen molar-refractivity contribution in [1.29, 1.82) is 0 Å². The fourth-order valence-corrected chi connectivity index (χ4v) is 2.26. The number of carbonyl (C=O) groups excluding carboxylic acids is 1. The highest BCUT2D eigenvalue weighted by molar-refractivity contribution is 5.79. The third-order valence-electron chi connectivity index (χ3n) is 3.08. The molecule has 1 unspecified atom stereocenters. The Morgan fingerprint density at radius 2 is 2.27 bits per heavy atom. The summed E-state index contributed by atoms with van der Waals surface area (Å²) in [7, 11) is 0. The molecule has 15 heavy (non-hydrogen) atoms. The van der Waals surface area contributed by atoms with Gasteiger partial charge in [0.15, 0.2) is 0 Å². The maximum Gasteiger partial charge on any atom is 0.238 e. The Labute approximate surface area is 89.9 Å². The van der Waals surface area contributed by atoms with Crippen molar-refractivity contribution in [2.45, 2.75) is 37.8 Å². The van der Waals surface area contributed by atoms with Crippen LogP contribution in [0.3, 0.4) is 0 Å². The standard InChI is InChI=1S/C10H19N3O2/c1-8(11)7-13-9(14)6-10(12-13)2-4-15-5-3-10/h8,12H,2-7,11H2,1H3. The van der Waals surface area contributed by atoms with Crippen molar-refractivity contribution in [2.24, 2.45) is 5.73 Å². The van der Waals surface area contributed by atoms with Gasteiger partial charge in [0.2, 0.25) is 5.91 Å². The SMILES string of the molecule is CC(N)CN1NC2(CCOCC2)CC1=O. The van der Waals surface area contributed by atoms with Gasteiger partial charge in [0.1, 0.15) is 0 Å². The van der Waals surface area contributed by atoms with Crippen LogP contribution in [0.2, 0.25) is 0 Å². The van der Waals surface area contributed by atoms with Gasteiger partial charge in [-0.25, -0.2) is 5.43 Å². The lowest BCUT2D eigenvalue weighted by Crippen LogP contribution is -2.51. The van der Waals surface area contributed by atoms with Crippen molar-refractivity contribution >= 4 is 5.91 Å². The number of nitrogens with one attached hydrogen (secondary N) is 1. The van der Waals surface area contributed by atoms with Gasteiger partial charge in [-0.2, -0.15) is 0 Å². The van der Waals surface area contributed by atoms with Crippen LogP contribution in [0.1, 0.15) is 26.2 Å². The van der Waals surface area contributed by atoms with Crippen LogP contribution in [0, 0.1) is 0 Å². The van der Waals surface area contributed by atoms with Gasteiger partial charge in [-0.05, 0) is 19.8 Å². The number of hydrazine groups is 1. The molecule has 5 nitrogen and oxygen atoms in total. The van der Waals surface area contributed by atoms with E-state index in [1.807, 2.05) is 6.92 Å². The summed E-state index contributed by atoms with van der Waals surface area (Å²) in [6, 6.07) is 0.0106. The molecule has 0 aromatic heterocycles. The molecule has 5 heteroatoms. The highest BCUT2D eigenvalue weighted by Crippen LogP contribution is 2.30. The Bertz CT molecular complexity index is 249. The van der Waals surface area contributed by atoms with E-state index in [1.54, 1.807) is 5.01 Å². The van der Waals surface area contributed by atoms with Gasteiger partial charge in [0.05, 0.1) is 12.1 Å². The third-order valence-corrected chi connectivity index (χ3v) is 3.08. The van der Waals surface area contributed by atoms with Gasteiger partial charge < -0.3 is 10.5 Å². The van der Waals surface area contributed by atoms with Crippen LogP contribution in [0.4, 0.5) is 0 Å². The summed E-state index contributed by atoms with van der Waals surface area (Å²) in [4.78, 5) is 11.8. The summed E-state index contributed by atoms with van der Waals surface area (Å²) < 4.78 is 5.31. The maximum atomic E-state index is 11.8. The van der Waals surface area contributed by atoms with Crippen molar-refractivity contribution in [3.8, 4) is 0 Å². The van der Waals surface area contributed by atoms with Crippen molar-refractivity contribution < 1.29 is 9.53 Å². The molecule has 0 aliphatic carbocycles. The van der Waals surface area contributed by atoms with Crippen LogP contribution < -0.4 is 11.2 Å². The van der Waals surface area contributed by atoms with Crippen molar-refractivity contribution in [1.82, 2.24) is 10.4 Å². The molecule has 2 heterocycles. The van der Waals surface area contributed by atoms with Gasteiger partial charge in [-0.1, -0.05) is 0 Å². The maximum absolute atomic E-state index is 11.8. The van der Waals surface area contributed by atoms with E-state index in [0.29, 0.717) is 13.0 Å². The Morgan fingerprint density at radius 1 is 1.60 bits per heavy atom. The van der Waals surface area contributed by atoms with Crippen LogP contribution in [0.5, 0.6) is 0 Å². The lowest BCUT2D eigenvalue weighted by molar-refractivity contribution is -0.129. The average Bonchev–Trinajstić information content (AvgIpc) is 2.43. The normalized spacial score (nSPS) is 27.3. The van der Waals surface area contributed by atoms with Crippen molar-refractivity contribution in [2.75, 3.05) is 19.8 Å². The fraction of sp³-hybridized carbons (Fsp3) is 0.900. The topological polar surface area (TPSA) is 67.6 Å². The molecule has 2 aliphatic rings. The van der Waals surface area contributed by atoms with Gasteiger partial charge in [0, 0.05) is 25.7 Å². The Balaban J connectivity index is 1.98. The predicted molar refractivity (Wildman–Crippen MR) is 55.9 cm³/mol.